The van der Waals surface area contributed by atoms with Crippen molar-refractivity contribution in [3.05, 3.63) is 36.4 Å². The van der Waals surface area contributed by atoms with E-state index in [1.807, 2.05) is 41.3 Å². The quantitative estimate of drug-likeness (QED) is 0.363. The van der Waals surface area contributed by atoms with Crippen molar-refractivity contribution >= 4 is 38.4 Å². The van der Waals surface area contributed by atoms with Crippen LogP contribution in [0.25, 0.3) is 32.4 Å². The third-order valence-electron chi connectivity index (χ3n) is 7.03. The van der Waals surface area contributed by atoms with Crippen LogP contribution in [0.5, 0.6) is 28.9 Å². The van der Waals surface area contributed by atoms with Gasteiger partial charge < -0.3 is 28.6 Å². The number of hydrogen-bond donors (Lipinski definition) is 0. The number of aromatic nitrogens is 1. The number of pyridine rings is 1. The first kappa shape index (κ1) is 22.5. The van der Waals surface area contributed by atoms with Crippen molar-refractivity contribution in [2.75, 3.05) is 40.7 Å². The fraction of sp³-hybridized carbons (Fsp3) is 0.357. The van der Waals surface area contributed by atoms with Crippen molar-refractivity contribution in [1.82, 2.24) is 9.88 Å². The van der Waals surface area contributed by atoms with Crippen LogP contribution in [0, 0.1) is 0 Å². The highest BCUT2D eigenvalue weighted by atomic mass is 16.7. The Balaban J connectivity index is 1.50. The van der Waals surface area contributed by atoms with E-state index in [0.717, 1.165) is 71.2 Å². The van der Waals surface area contributed by atoms with E-state index in [1.165, 1.54) is 0 Å². The molecule has 3 aromatic carbocycles. The maximum absolute atomic E-state index is 13.0. The minimum absolute atomic E-state index is 0.0197. The van der Waals surface area contributed by atoms with Gasteiger partial charge >= 0.3 is 0 Å². The van der Waals surface area contributed by atoms with Gasteiger partial charge in [-0.1, -0.05) is 25.0 Å². The summed E-state index contributed by atoms with van der Waals surface area (Å²) in [6, 6.07) is 11.8. The second kappa shape index (κ2) is 9.26. The van der Waals surface area contributed by atoms with Gasteiger partial charge in [0.25, 0.3) is 5.91 Å². The lowest BCUT2D eigenvalue weighted by molar-refractivity contribution is -0.133. The van der Waals surface area contributed by atoms with Crippen LogP contribution in [0.4, 0.5) is 0 Å². The SMILES string of the molecule is COc1cc2c(OCC(=O)N3CCCCCC3)nc3c4cc5c(cc4ccc3c2cc1OC)OCO5. The molecule has 3 heterocycles. The van der Waals surface area contributed by atoms with Crippen molar-refractivity contribution < 1.29 is 28.5 Å². The molecule has 0 radical (unpaired) electrons. The monoisotopic (exact) mass is 488 g/mol. The molecule has 0 N–H and O–H groups in total. The minimum atomic E-state index is -0.0704. The van der Waals surface area contributed by atoms with Crippen molar-refractivity contribution in [1.29, 1.82) is 0 Å². The lowest BCUT2D eigenvalue weighted by Crippen LogP contribution is -2.35. The van der Waals surface area contributed by atoms with E-state index in [4.69, 9.17) is 28.7 Å². The molecule has 0 spiro atoms. The first-order valence-corrected chi connectivity index (χ1v) is 12.3. The topological polar surface area (TPSA) is 79.4 Å². The Kier molecular flexibility index (Phi) is 5.79. The van der Waals surface area contributed by atoms with Crippen molar-refractivity contribution in [3.63, 3.8) is 0 Å². The molecule has 0 aliphatic carbocycles. The van der Waals surface area contributed by atoms with Gasteiger partial charge in [0.1, 0.15) is 0 Å². The maximum Gasteiger partial charge on any atom is 0.260 e. The zero-order valence-electron chi connectivity index (χ0n) is 20.5. The first-order valence-electron chi connectivity index (χ1n) is 12.3. The molecule has 0 atom stereocenters. The van der Waals surface area contributed by atoms with Gasteiger partial charge in [-0.3, -0.25) is 4.79 Å². The third kappa shape index (κ3) is 3.86. The molecule has 0 unspecified atom stereocenters. The van der Waals surface area contributed by atoms with E-state index in [2.05, 4.69) is 0 Å². The van der Waals surface area contributed by atoms with E-state index in [9.17, 15) is 4.79 Å². The largest absolute Gasteiger partial charge is 0.493 e. The third-order valence-corrected chi connectivity index (χ3v) is 7.03. The standard InChI is InChI=1S/C28H28N2O6/c1-32-22-13-20-18-8-7-17-11-24-25(36-16-35-24)12-19(17)27(18)29-28(21(20)14-23(22)33-2)34-15-26(31)30-9-5-3-4-6-10-30/h7-8,11-14H,3-6,9-10,15-16H2,1-2H3. The van der Waals surface area contributed by atoms with Crippen LogP contribution >= 0.6 is 0 Å². The Bertz CT molecular complexity index is 1480. The lowest BCUT2D eigenvalue weighted by atomic mass is 10.0. The van der Waals surface area contributed by atoms with Gasteiger partial charge in [-0.05, 0) is 42.5 Å². The van der Waals surface area contributed by atoms with Crippen LogP contribution in [0.3, 0.4) is 0 Å². The van der Waals surface area contributed by atoms with Gasteiger partial charge in [-0.25, -0.2) is 4.98 Å². The molecule has 0 saturated carbocycles. The van der Waals surface area contributed by atoms with E-state index in [0.29, 0.717) is 28.9 Å². The fourth-order valence-electron chi connectivity index (χ4n) is 5.13. The number of ether oxygens (including phenoxy) is 5. The predicted octanol–water partition coefficient (Wildman–Crippen LogP) is 5.07. The van der Waals surface area contributed by atoms with Gasteiger partial charge in [0.15, 0.2) is 29.6 Å². The average Bonchev–Trinajstić information content (AvgIpc) is 3.19. The maximum atomic E-state index is 13.0. The van der Waals surface area contributed by atoms with Gasteiger partial charge in [-0.2, -0.15) is 0 Å². The van der Waals surface area contributed by atoms with Gasteiger partial charge in [-0.15, -0.1) is 0 Å². The lowest BCUT2D eigenvalue weighted by Gasteiger charge is -2.21. The van der Waals surface area contributed by atoms with Crippen LogP contribution in [-0.4, -0.2) is 56.5 Å². The molecule has 2 aliphatic rings. The highest BCUT2D eigenvalue weighted by molar-refractivity contribution is 6.17. The summed E-state index contributed by atoms with van der Waals surface area (Å²) in [6.07, 6.45) is 4.38. The molecule has 1 saturated heterocycles. The Morgan fingerprint density at radius 2 is 1.56 bits per heavy atom. The highest BCUT2D eigenvalue weighted by Gasteiger charge is 2.21. The van der Waals surface area contributed by atoms with Crippen LogP contribution in [0.1, 0.15) is 25.7 Å². The zero-order valence-corrected chi connectivity index (χ0v) is 20.5. The summed E-state index contributed by atoms with van der Waals surface area (Å²) < 4.78 is 28.5. The average molecular weight is 489 g/mol. The second-order valence-corrected chi connectivity index (χ2v) is 9.14. The fourth-order valence-corrected chi connectivity index (χ4v) is 5.13. The minimum Gasteiger partial charge on any atom is -0.493 e. The number of benzene rings is 3. The number of rotatable bonds is 5. The molecule has 2 aliphatic heterocycles. The smallest absolute Gasteiger partial charge is 0.260 e. The van der Waals surface area contributed by atoms with Crippen molar-refractivity contribution in [2.24, 2.45) is 0 Å². The number of amides is 1. The molecule has 1 fully saturated rings. The number of fused-ring (bicyclic) bond motifs is 6. The summed E-state index contributed by atoms with van der Waals surface area (Å²) in [5.74, 6) is 2.94. The number of methoxy groups -OCH3 is 2. The normalized spacial score (nSPS) is 15.3. The Hall–Kier alpha value is -3.94. The summed E-state index contributed by atoms with van der Waals surface area (Å²) in [4.78, 5) is 19.8. The summed E-state index contributed by atoms with van der Waals surface area (Å²) in [5.41, 5.74) is 0.753. The summed E-state index contributed by atoms with van der Waals surface area (Å²) in [6.45, 7) is 1.68. The Morgan fingerprint density at radius 1 is 0.861 bits per heavy atom. The second-order valence-electron chi connectivity index (χ2n) is 9.14. The molecular formula is C28H28N2O6. The molecule has 8 nitrogen and oxygen atoms in total. The molecule has 36 heavy (non-hydrogen) atoms. The van der Waals surface area contributed by atoms with E-state index in [-0.39, 0.29) is 19.3 Å². The zero-order chi connectivity index (χ0) is 24.6. The number of hydrogen-bond acceptors (Lipinski definition) is 7. The summed E-state index contributed by atoms with van der Waals surface area (Å²) in [7, 11) is 3.21. The van der Waals surface area contributed by atoms with E-state index in [1.54, 1.807) is 14.2 Å². The van der Waals surface area contributed by atoms with E-state index < -0.39 is 0 Å². The number of carbonyl (C=O) groups excluding carboxylic acids is 1. The van der Waals surface area contributed by atoms with Crippen LogP contribution in [-0.2, 0) is 4.79 Å². The molecular weight excluding hydrogens is 460 g/mol. The van der Waals surface area contributed by atoms with Crippen LogP contribution in [0.15, 0.2) is 36.4 Å². The highest BCUT2D eigenvalue weighted by Crippen LogP contribution is 2.43. The molecule has 6 rings (SSSR count). The Labute approximate surface area is 208 Å². The first-order chi connectivity index (χ1) is 17.7. The van der Waals surface area contributed by atoms with E-state index >= 15 is 0 Å². The predicted molar refractivity (Wildman–Crippen MR) is 137 cm³/mol. The van der Waals surface area contributed by atoms with Crippen LogP contribution < -0.4 is 23.7 Å². The molecule has 0 bridgehead atoms. The number of nitrogens with zero attached hydrogens (tertiary/aromatic N) is 2. The van der Waals surface area contributed by atoms with Gasteiger partial charge in [0, 0.05) is 34.6 Å². The van der Waals surface area contributed by atoms with Gasteiger partial charge in [0.2, 0.25) is 12.7 Å². The molecule has 8 heteroatoms. The van der Waals surface area contributed by atoms with Crippen molar-refractivity contribution in [2.45, 2.75) is 25.7 Å². The number of likely N-dealkylation sites (tertiary alicyclic amines) is 1. The summed E-state index contributed by atoms with van der Waals surface area (Å²) >= 11 is 0. The molecule has 4 aromatic rings. The van der Waals surface area contributed by atoms with Crippen LogP contribution in [0.2, 0.25) is 0 Å². The Morgan fingerprint density at radius 3 is 2.28 bits per heavy atom. The summed E-state index contributed by atoms with van der Waals surface area (Å²) in [5, 5.41) is 4.48. The molecule has 1 amide bonds. The van der Waals surface area contributed by atoms with Gasteiger partial charge in [0.05, 0.1) is 19.7 Å². The molecule has 1 aromatic heterocycles. The molecule has 186 valence electrons. The number of carbonyl (C=O) groups is 1. The van der Waals surface area contributed by atoms with Crippen molar-refractivity contribution in [3.8, 4) is 28.9 Å².